The van der Waals surface area contributed by atoms with Crippen molar-refractivity contribution in [3.63, 3.8) is 0 Å². The monoisotopic (exact) mass is 305 g/mol. The highest BCUT2D eigenvalue weighted by Crippen LogP contribution is 2.17. The lowest BCUT2D eigenvalue weighted by atomic mass is 10.0. The van der Waals surface area contributed by atoms with Crippen LogP contribution in [0.25, 0.3) is 0 Å². The molecule has 0 unspecified atom stereocenters. The van der Waals surface area contributed by atoms with Crippen LogP contribution >= 0.6 is 0 Å². The Balaban J connectivity index is 1.96. The average molecular weight is 305 g/mol. The van der Waals surface area contributed by atoms with E-state index in [0.29, 0.717) is 5.92 Å². The summed E-state index contributed by atoms with van der Waals surface area (Å²) in [5, 5.41) is 3.03. The Morgan fingerprint density at radius 3 is 2.18 bits per heavy atom. The molecule has 0 spiro atoms. The topological polar surface area (TPSA) is 42.8 Å². The largest absolute Gasteiger partial charge is 0.364 e. The van der Waals surface area contributed by atoms with Crippen molar-refractivity contribution in [3.8, 4) is 0 Å². The number of benzene rings is 1. The summed E-state index contributed by atoms with van der Waals surface area (Å²) in [6.07, 6.45) is 0.415. The maximum Gasteiger partial charge on any atom is 0.282 e. The van der Waals surface area contributed by atoms with Crippen molar-refractivity contribution in [2.45, 2.75) is 58.8 Å². The molecule has 0 radical (unpaired) electrons. The number of ether oxygens (including phenoxy) is 1. The van der Waals surface area contributed by atoms with Gasteiger partial charge in [-0.05, 0) is 44.4 Å². The van der Waals surface area contributed by atoms with Crippen LogP contribution in [0.3, 0.4) is 0 Å². The first-order chi connectivity index (χ1) is 10.4. The standard InChI is InChI=1S/C18H28N2O2/c1-12(2)16-6-8-17(9-7-16)19-18(21)15(5)20-10-13(3)22-14(4)11-20/h6-9,12-15H,10-11H2,1-5H3,(H,19,21)/p+1/t13-,14-,15-/m0/s1. The number of carbonyl (C=O) groups excluding carboxylic acids is 1. The van der Waals surface area contributed by atoms with Crippen LogP contribution in [0.4, 0.5) is 5.69 Å². The molecule has 0 saturated carbocycles. The minimum Gasteiger partial charge on any atom is -0.364 e. The normalized spacial score (nSPS) is 26.7. The van der Waals surface area contributed by atoms with E-state index >= 15 is 0 Å². The number of morpholine rings is 1. The summed E-state index contributed by atoms with van der Waals surface area (Å²) < 4.78 is 5.75. The van der Waals surface area contributed by atoms with Crippen LogP contribution in [-0.2, 0) is 9.53 Å². The third kappa shape index (κ3) is 4.31. The van der Waals surface area contributed by atoms with E-state index < -0.39 is 0 Å². The summed E-state index contributed by atoms with van der Waals surface area (Å²) in [4.78, 5) is 13.8. The van der Waals surface area contributed by atoms with Crippen LogP contribution in [-0.4, -0.2) is 37.2 Å². The molecule has 1 heterocycles. The molecular formula is C18H29N2O2+. The van der Waals surface area contributed by atoms with Crippen LogP contribution in [0, 0.1) is 0 Å². The Labute approximate surface area is 133 Å². The second kappa shape index (κ2) is 7.25. The predicted octanol–water partition coefficient (Wildman–Crippen LogP) is 1.83. The molecule has 2 N–H and O–H groups in total. The summed E-state index contributed by atoms with van der Waals surface area (Å²) in [5.74, 6) is 0.582. The van der Waals surface area contributed by atoms with Crippen LogP contribution < -0.4 is 10.2 Å². The van der Waals surface area contributed by atoms with Gasteiger partial charge in [0, 0.05) is 5.69 Å². The Morgan fingerprint density at radius 2 is 1.68 bits per heavy atom. The van der Waals surface area contributed by atoms with Crippen molar-refractivity contribution in [1.29, 1.82) is 0 Å². The number of hydrogen-bond acceptors (Lipinski definition) is 2. The van der Waals surface area contributed by atoms with E-state index in [1.54, 1.807) is 0 Å². The summed E-state index contributed by atoms with van der Waals surface area (Å²) in [6.45, 7) is 12.2. The molecule has 0 aliphatic carbocycles. The van der Waals surface area contributed by atoms with E-state index in [0.717, 1.165) is 18.8 Å². The van der Waals surface area contributed by atoms with Gasteiger partial charge >= 0.3 is 0 Å². The van der Waals surface area contributed by atoms with Gasteiger partial charge in [0.05, 0.1) is 0 Å². The molecule has 122 valence electrons. The third-order valence-corrected chi connectivity index (χ3v) is 4.41. The zero-order valence-corrected chi connectivity index (χ0v) is 14.3. The summed E-state index contributed by atoms with van der Waals surface area (Å²) in [7, 11) is 0. The van der Waals surface area contributed by atoms with Crippen molar-refractivity contribution >= 4 is 11.6 Å². The molecule has 3 atom stereocenters. The van der Waals surface area contributed by atoms with Crippen LogP contribution in [0.2, 0.25) is 0 Å². The number of nitrogens with one attached hydrogen (secondary N) is 2. The molecule has 1 aromatic rings. The van der Waals surface area contributed by atoms with E-state index in [1.165, 1.54) is 10.5 Å². The van der Waals surface area contributed by atoms with Gasteiger partial charge in [-0.25, -0.2) is 0 Å². The second-order valence-corrected chi connectivity index (χ2v) is 6.81. The zero-order chi connectivity index (χ0) is 16.3. The quantitative estimate of drug-likeness (QED) is 0.891. The molecule has 1 saturated heterocycles. The molecule has 4 nitrogen and oxygen atoms in total. The van der Waals surface area contributed by atoms with Crippen LogP contribution in [0.1, 0.15) is 46.1 Å². The lowest BCUT2D eigenvalue weighted by Crippen LogP contribution is -3.19. The van der Waals surface area contributed by atoms with E-state index in [-0.39, 0.29) is 24.2 Å². The van der Waals surface area contributed by atoms with Crippen LogP contribution in [0.15, 0.2) is 24.3 Å². The molecule has 0 aromatic heterocycles. The van der Waals surface area contributed by atoms with E-state index in [1.807, 2.05) is 19.1 Å². The minimum atomic E-state index is -0.0708. The van der Waals surface area contributed by atoms with Gasteiger partial charge in [0.2, 0.25) is 0 Å². The van der Waals surface area contributed by atoms with Gasteiger partial charge in [0.25, 0.3) is 5.91 Å². The second-order valence-electron chi connectivity index (χ2n) is 6.81. The zero-order valence-electron chi connectivity index (χ0n) is 14.3. The van der Waals surface area contributed by atoms with Gasteiger partial charge in [-0.1, -0.05) is 26.0 Å². The molecule has 1 amide bonds. The van der Waals surface area contributed by atoms with Gasteiger partial charge in [-0.3, -0.25) is 4.79 Å². The average Bonchev–Trinajstić information content (AvgIpc) is 2.46. The Morgan fingerprint density at radius 1 is 1.14 bits per heavy atom. The lowest BCUT2D eigenvalue weighted by Gasteiger charge is -2.35. The molecular weight excluding hydrogens is 276 g/mol. The fraction of sp³-hybridized carbons (Fsp3) is 0.611. The molecule has 4 heteroatoms. The van der Waals surface area contributed by atoms with Crippen molar-refractivity contribution < 1.29 is 14.4 Å². The molecule has 2 rings (SSSR count). The van der Waals surface area contributed by atoms with Crippen LogP contribution in [0.5, 0.6) is 0 Å². The summed E-state index contributed by atoms with van der Waals surface area (Å²) >= 11 is 0. The van der Waals surface area contributed by atoms with Gasteiger partial charge in [0.15, 0.2) is 6.04 Å². The molecule has 1 aliphatic heterocycles. The first kappa shape index (κ1) is 17.0. The smallest absolute Gasteiger partial charge is 0.282 e. The molecule has 22 heavy (non-hydrogen) atoms. The maximum absolute atomic E-state index is 12.5. The number of anilines is 1. The van der Waals surface area contributed by atoms with E-state index in [2.05, 4.69) is 45.1 Å². The van der Waals surface area contributed by atoms with Gasteiger partial charge in [-0.2, -0.15) is 0 Å². The van der Waals surface area contributed by atoms with E-state index in [9.17, 15) is 4.79 Å². The first-order valence-electron chi connectivity index (χ1n) is 8.27. The minimum absolute atomic E-state index is 0.0708. The lowest BCUT2D eigenvalue weighted by molar-refractivity contribution is -0.928. The molecule has 1 aliphatic rings. The summed E-state index contributed by atoms with van der Waals surface area (Å²) in [6, 6.07) is 8.06. The van der Waals surface area contributed by atoms with Crippen molar-refractivity contribution in [1.82, 2.24) is 0 Å². The highest BCUT2D eigenvalue weighted by molar-refractivity contribution is 5.93. The van der Waals surface area contributed by atoms with E-state index in [4.69, 9.17) is 4.74 Å². The summed E-state index contributed by atoms with van der Waals surface area (Å²) in [5.41, 5.74) is 2.16. The Kier molecular flexibility index (Phi) is 5.59. The molecule has 0 bridgehead atoms. The fourth-order valence-electron chi connectivity index (χ4n) is 3.06. The predicted molar refractivity (Wildman–Crippen MR) is 89.3 cm³/mol. The first-order valence-corrected chi connectivity index (χ1v) is 8.27. The molecule has 1 aromatic carbocycles. The number of rotatable bonds is 4. The van der Waals surface area contributed by atoms with Gasteiger partial charge < -0.3 is 15.0 Å². The highest BCUT2D eigenvalue weighted by atomic mass is 16.5. The Bertz CT molecular complexity index is 488. The number of carbonyl (C=O) groups is 1. The fourth-order valence-corrected chi connectivity index (χ4v) is 3.06. The van der Waals surface area contributed by atoms with Gasteiger partial charge in [0.1, 0.15) is 25.3 Å². The van der Waals surface area contributed by atoms with Crippen molar-refractivity contribution in [3.05, 3.63) is 29.8 Å². The van der Waals surface area contributed by atoms with Gasteiger partial charge in [-0.15, -0.1) is 0 Å². The maximum atomic E-state index is 12.5. The number of quaternary nitrogens is 1. The number of amides is 1. The Hall–Kier alpha value is -1.39. The number of hydrogen-bond donors (Lipinski definition) is 2. The third-order valence-electron chi connectivity index (χ3n) is 4.41. The highest BCUT2D eigenvalue weighted by Gasteiger charge is 2.32. The molecule has 1 fully saturated rings. The SMILES string of the molecule is CC(C)c1ccc(NC(=O)[C@H](C)[NH+]2C[C@H](C)O[C@@H](C)C2)cc1. The van der Waals surface area contributed by atoms with Crippen molar-refractivity contribution in [2.24, 2.45) is 0 Å². The van der Waals surface area contributed by atoms with Crippen molar-refractivity contribution in [2.75, 3.05) is 18.4 Å².